The highest BCUT2D eigenvalue weighted by molar-refractivity contribution is 6.76. The first-order valence-electron chi connectivity index (χ1n) is 11.0. The Morgan fingerprint density at radius 3 is 2.97 bits per heavy atom. The minimum atomic E-state index is -1.10. The van der Waals surface area contributed by atoms with Crippen molar-refractivity contribution in [3.63, 3.8) is 0 Å². The average Bonchev–Trinajstić information content (AvgIpc) is 3.49. The van der Waals surface area contributed by atoms with Crippen LogP contribution in [0.4, 0.5) is 0 Å². The van der Waals surface area contributed by atoms with Gasteiger partial charge >= 0.3 is 0 Å². The monoisotopic (exact) mass is 437 g/mol. The molecule has 3 aromatic rings. The third-order valence-corrected chi connectivity index (χ3v) is 7.61. The van der Waals surface area contributed by atoms with Gasteiger partial charge in [-0.2, -0.15) is 10.4 Å². The number of rotatable bonds is 9. The molecule has 1 fully saturated rings. The van der Waals surface area contributed by atoms with E-state index in [1.165, 1.54) is 0 Å². The molecule has 31 heavy (non-hydrogen) atoms. The number of fused-ring (bicyclic) bond motifs is 1. The Bertz CT molecular complexity index is 1060. The summed E-state index contributed by atoms with van der Waals surface area (Å²) in [6.45, 7) is 10.8. The lowest BCUT2D eigenvalue weighted by molar-refractivity contribution is 0.0899. The zero-order valence-corrected chi connectivity index (χ0v) is 19.6. The molecule has 2 atom stereocenters. The lowest BCUT2D eigenvalue weighted by atomic mass is 9.93. The van der Waals surface area contributed by atoms with Gasteiger partial charge in [-0.1, -0.05) is 19.6 Å². The average molecular weight is 438 g/mol. The van der Waals surface area contributed by atoms with Crippen molar-refractivity contribution >= 4 is 19.1 Å². The molecule has 0 radical (unpaired) electrons. The molecule has 4 rings (SSSR count). The molecule has 1 saturated heterocycles. The number of hydrogen-bond acceptors (Lipinski definition) is 6. The van der Waals surface area contributed by atoms with Gasteiger partial charge in [0.2, 0.25) is 0 Å². The molecule has 0 saturated carbocycles. The van der Waals surface area contributed by atoms with Crippen LogP contribution in [0.25, 0.3) is 22.3 Å². The molecule has 9 heteroatoms. The Hall–Kier alpha value is -2.54. The SMILES string of the molecule is C[Si](C)(C)CCOCn1ccc2c(-c3cnn(CC(C#N)C4CCNC4)c3)ncnc21. The number of aromatic nitrogens is 5. The van der Waals surface area contributed by atoms with Crippen LogP contribution in [0.3, 0.4) is 0 Å². The van der Waals surface area contributed by atoms with Crippen molar-refractivity contribution in [2.75, 3.05) is 19.7 Å². The van der Waals surface area contributed by atoms with Crippen LogP contribution >= 0.6 is 0 Å². The predicted molar refractivity (Wildman–Crippen MR) is 123 cm³/mol. The Balaban J connectivity index is 1.47. The summed E-state index contributed by atoms with van der Waals surface area (Å²) in [6, 6.07) is 5.65. The second-order valence-corrected chi connectivity index (χ2v) is 15.2. The molecule has 0 spiro atoms. The minimum absolute atomic E-state index is 0.0393. The van der Waals surface area contributed by atoms with E-state index in [0.29, 0.717) is 19.2 Å². The highest BCUT2D eigenvalue weighted by Crippen LogP contribution is 2.27. The Kier molecular flexibility index (Phi) is 6.50. The van der Waals surface area contributed by atoms with E-state index >= 15 is 0 Å². The van der Waals surface area contributed by atoms with Crippen LogP contribution in [-0.4, -0.2) is 52.1 Å². The van der Waals surface area contributed by atoms with Gasteiger partial charge in [-0.15, -0.1) is 0 Å². The Labute approximate surface area is 184 Å². The summed E-state index contributed by atoms with van der Waals surface area (Å²) in [6.07, 6.45) is 8.45. The first-order chi connectivity index (χ1) is 14.9. The van der Waals surface area contributed by atoms with Crippen LogP contribution in [0.5, 0.6) is 0 Å². The van der Waals surface area contributed by atoms with Gasteiger partial charge in [-0.05, 0) is 37.5 Å². The largest absolute Gasteiger partial charge is 0.361 e. The van der Waals surface area contributed by atoms with Crippen molar-refractivity contribution in [3.05, 3.63) is 31.0 Å². The van der Waals surface area contributed by atoms with E-state index in [1.54, 1.807) is 6.33 Å². The van der Waals surface area contributed by atoms with E-state index in [-0.39, 0.29) is 5.92 Å². The number of nitrogens with zero attached hydrogens (tertiary/aromatic N) is 6. The molecule has 1 aliphatic heterocycles. The van der Waals surface area contributed by atoms with Crippen molar-refractivity contribution in [2.24, 2.45) is 11.8 Å². The maximum absolute atomic E-state index is 9.60. The normalized spacial score (nSPS) is 17.8. The zero-order valence-electron chi connectivity index (χ0n) is 18.6. The van der Waals surface area contributed by atoms with Gasteiger partial charge < -0.3 is 14.6 Å². The first kappa shape index (κ1) is 21.7. The van der Waals surface area contributed by atoms with Crippen LogP contribution in [0.15, 0.2) is 31.0 Å². The van der Waals surface area contributed by atoms with Gasteiger partial charge in [-0.3, -0.25) is 4.68 Å². The summed E-state index contributed by atoms with van der Waals surface area (Å²) in [4.78, 5) is 9.00. The Morgan fingerprint density at radius 1 is 1.35 bits per heavy atom. The molecular weight excluding hydrogens is 406 g/mol. The minimum Gasteiger partial charge on any atom is -0.361 e. The van der Waals surface area contributed by atoms with Gasteiger partial charge in [0.05, 0.1) is 30.4 Å². The van der Waals surface area contributed by atoms with Gasteiger partial charge in [0.1, 0.15) is 18.7 Å². The van der Waals surface area contributed by atoms with Crippen LogP contribution < -0.4 is 5.32 Å². The molecule has 0 aromatic carbocycles. The molecule has 0 bridgehead atoms. The zero-order chi connectivity index (χ0) is 21.8. The molecule has 0 aliphatic carbocycles. The van der Waals surface area contributed by atoms with E-state index in [9.17, 15) is 5.26 Å². The molecule has 8 nitrogen and oxygen atoms in total. The number of nitrogens with one attached hydrogen (secondary N) is 1. The number of ether oxygens (including phenoxy) is 1. The van der Waals surface area contributed by atoms with Gasteiger partial charge in [0, 0.05) is 38.0 Å². The lowest BCUT2D eigenvalue weighted by Crippen LogP contribution is -2.22. The van der Waals surface area contributed by atoms with E-state index in [1.807, 2.05) is 33.9 Å². The van der Waals surface area contributed by atoms with Gasteiger partial charge in [0.25, 0.3) is 0 Å². The standard InChI is InChI=1S/C22H31N7OSi/c1-31(2,3)9-8-30-16-28-7-5-20-21(25-15-26-22(20)28)19-12-27-29(14-19)13-18(10-23)17-4-6-24-11-17/h5,7,12,14-15,17-18,24H,4,6,8-9,11,13,16H2,1-3H3. The van der Waals surface area contributed by atoms with Gasteiger partial charge in [-0.25, -0.2) is 9.97 Å². The summed E-state index contributed by atoms with van der Waals surface area (Å²) < 4.78 is 9.79. The quantitative estimate of drug-likeness (QED) is 0.407. The molecule has 0 amide bonds. The molecule has 1 N–H and O–H groups in total. The predicted octanol–water partition coefficient (Wildman–Crippen LogP) is 3.36. The second kappa shape index (κ2) is 9.30. The van der Waals surface area contributed by atoms with E-state index in [0.717, 1.165) is 54.5 Å². The summed E-state index contributed by atoms with van der Waals surface area (Å²) in [5, 5.41) is 18.4. The van der Waals surface area contributed by atoms with Crippen LogP contribution in [0, 0.1) is 23.2 Å². The number of nitriles is 1. The third kappa shape index (κ3) is 5.21. The third-order valence-electron chi connectivity index (χ3n) is 5.91. The van der Waals surface area contributed by atoms with Crippen molar-refractivity contribution < 1.29 is 4.74 Å². The van der Waals surface area contributed by atoms with Crippen molar-refractivity contribution in [1.82, 2.24) is 29.6 Å². The van der Waals surface area contributed by atoms with Crippen LogP contribution in [0.1, 0.15) is 6.42 Å². The van der Waals surface area contributed by atoms with E-state index in [2.05, 4.69) is 46.1 Å². The van der Waals surface area contributed by atoms with Crippen LogP contribution in [0.2, 0.25) is 25.7 Å². The summed E-state index contributed by atoms with van der Waals surface area (Å²) in [5.41, 5.74) is 2.65. The molecule has 164 valence electrons. The second-order valence-electron chi connectivity index (χ2n) is 9.53. The van der Waals surface area contributed by atoms with Crippen LogP contribution in [-0.2, 0) is 18.0 Å². The van der Waals surface area contributed by atoms with E-state index in [4.69, 9.17) is 4.74 Å². The Morgan fingerprint density at radius 2 is 2.23 bits per heavy atom. The highest BCUT2D eigenvalue weighted by atomic mass is 28.3. The molecule has 4 heterocycles. The molecule has 1 aliphatic rings. The molecule has 2 unspecified atom stereocenters. The van der Waals surface area contributed by atoms with Crippen molar-refractivity contribution in [2.45, 2.75) is 45.4 Å². The number of hydrogen-bond donors (Lipinski definition) is 1. The summed E-state index contributed by atoms with van der Waals surface area (Å²) in [5.74, 6) is 0.348. The highest BCUT2D eigenvalue weighted by Gasteiger charge is 2.25. The maximum Gasteiger partial charge on any atom is 0.145 e. The van der Waals surface area contributed by atoms with Gasteiger partial charge in [0.15, 0.2) is 0 Å². The molecule has 3 aromatic heterocycles. The summed E-state index contributed by atoms with van der Waals surface area (Å²) in [7, 11) is -1.10. The fourth-order valence-electron chi connectivity index (χ4n) is 3.98. The van der Waals surface area contributed by atoms with Crippen molar-refractivity contribution in [1.29, 1.82) is 5.26 Å². The fourth-order valence-corrected chi connectivity index (χ4v) is 4.74. The van der Waals surface area contributed by atoms with E-state index < -0.39 is 8.07 Å². The maximum atomic E-state index is 9.60. The summed E-state index contributed by atoms with van der Waals surface area (Å²) >= 11 is 0. The first-order valence-corrected chi connectivity index (χ1v) is 14.7. The fraction of sp³-hybridized carbons (Fsp3) is 0.545. The molecular formula is C22H31N7OSi. The van der Waals surface area contributed by atoms with Crippen molar-refractivity contribution in [3.8, 4) is 17.3 Å². The topological polar surface area (TPSA) is 93.6 Å². The smallest absolute Gasteiger partial charge is 0.145 e. The lowest BCUT2D eigenvalue weighted by Gasteiger charge is -2.15.